The van der Waals surface area contributed by atoms with Crippen LogP contribution in [0.5, 0.6) is 0 Å². The Hall–Kier alpha value is -1.85. The summed E-state index contributed by atoms with van der Waals surface area (Å²) in [5, 5.41) is 0.849. The molecule has 2 heterocycles. The number of nitrogens with zero attached hydrogens (tertiary/aromatic N) is 3. The van der Waals surface area contributed by atoms with Gasteiger partial charge in [-0.1, -0.05) is 23.2 Å². The first-order valence-electron chi connectivity index (χ1n) is 6.39. The van der Waals surface area contributed by atoms with Gasteiger partial charge in [-0.25, -0.2) is 9.97 Å². The summed E-state index contributed by atoms with van der Waals surface area (Å²) in [6.45, 7) is 0.961. The molecule has 0 radical (unpaired) electrons. The quantitative estimate of drug-likeness (QED) is 0.875. The maximum absolute atomic E-state index is 12.6. The molecule has 1 aliphatic rings. The molecule has 1 aromatic heterocycles. The van der Waals surface area contributed by atoms with Gasteiger partial charge >= 0.3 is 0 Å². The largest absolute Gasteiger partial charge is 0.383 e. The van der Waals surface area contributed by atoms with E-state index in [1.165, 1.54) is 6.33 Å². The van der Waals surface area contributed by atoms with Gasteiger partial charge < -0.3 is 10.6 Å². The first-order chi connectivity index (χ1) is 10.1. The molecule has 3 rings (SSSR count). The zero-order valence-electron chi connectivity index (χ0n) is 11.0. The first-order valence-corrected chi connectivity index (χ1v) is 7.14. The molecule has 0 aliphatic carbocycles. The van der Waals surface area contributed by atoms with Gasteiger partial charge in [0.15, 0.2) is 0 Å². The van der Waals surface area contributed by atoms with Crippen LogP contribution < -0.4 is 5.73 Å². The van der Waals surface area contributed by atoms with E-state index in [2.05, 4.69) is 9.97 Å². The summed E-state index contributed by atoms with van der Waals surface area (Å²) in [7, 11) is 0. The van der Waals surface area contributed by atoms with Crippen molar-refractivity contribution in [3.05, 3.63) is 51.4 Å². The summed E-state index contributed by atoms with van der Waals surface area (Å²) >= 11 is 11.9. The molecule has 0 fully saturated rings. The predicted octanol–water partition coefficient (Wildman–Crippen LogP) is 2.56. The van der Waals surface area contributed by atoms with E-state index in [-0.39, 0.29) is 5.91 Å². The van der Waals surface area contributed by atoms with Crippen molar-refractivity contribution in [2.24, 2.45) is 0 Å². The van der Waals surface area contributed by atoms with Crippen LogP contribution in [-0.4, -0.2) is 27.3 Å². The van der Waals surface area contributed by atoms with Gasteiger partial charge in [-0.2, -0.15) is 0 Å². The average molecular weight is 323 g/mol. The Kier molecular flexibility index (Phi) is 3.69. The third-order valence-corrected chi connectivity index (χ3v) is 4.04. The van der Waals surface area contributed by atoms with Gasteiger partial charge in [-0.3, -0.25) is 4.79 Å². The molecular weight excluding hydrogens is 311 g/mol. The summed E-state index contributed by atoms with van der Waals surface area (Å²) in [6.07, 6.45) is 2.05. The lowest BCUT2D eigenvalue weighted by molar-refractivity contribution is 0.0732. The number of hydrogen-bond acceptors (Lipinski definition) is 4. The highest BCUT2D eigenvalue weighted by atomic mass is 35.5. The second kappa shape index (κ2) is 5.50. The number of benzene rings is 1. The van der Waals surface area contributed by atoms with Crippen molar-refractivity contribution in [2.75, 3.05) is 12.3 Å². The number of fused-ring (bicyclic) bond motifs is 1. The second-order valence-electron chi connectivity index (χ2n) is 4.79. The summed E-state index contributed by atoms with van der Waals surface area (Å²) < 4.78 is 0. The molecule has 1 aromatic carbocycles. The fraction of sp³-hybridized carbons (Fsp3) is 0.214. The molecular formula is C14H12Cl2N4O. The Balaban J connectivity index is 1.87. The Labute approximate surface area is 131 Å². The number of nitrogen functional groups attached to an aromatic ring is 1. The predicted molar refractivity (Wildman–Crippen MR) is 81.4 cm³/mol. The molecule has 7 heteroatoms. The number of amides is 1. The Morgan fingerprint density at radius 2 is 2.10 bits per heavy atom. The Morgan fingerprint density at radius 1 is 1.29 bits per heavy atom. The molecule has 5 nitrogen and oxygen atoms in total. The van der Waals surface area contributed by atoms with Gasteiger partial charge in [0.2, 0.25) is 0 Å². The zero-order chi connectivity index (χ0) is 15.0. The number of carbonyl (C=O) groups is 1. The third-order valence-electron chi connectivity index (χ3n) is 3.49. The maximum Gasteiger partial charge on any atom is 0.255 e. The SMILES string of the molecule is Nc1ncnc2c1CCN(C(=O)c1ccc(Cl)cc1Cl)C2. The molecule has 2 aromatic rings. The Bertz CT molecular complexity index is 720. The van der Waals surface area contributed by atoms with Crippen molar-refractivity contribution in [3.63, 3.8) is 0 Å². The summed E-state index contributed by atoms with van der Waals surface area (Å²) in [5.41, 5.74) is 7.97. The van der Waals surface area contributed by atoms with Crippen LogP contribution in [0.1, 0.15) is 21.6 Å². The summed E-state index contributed by atoms with van der Waals surface area (Å²) in [5.74, 6) is 0.344. The summed E-state index contributed by atoms with van der Waals surface area (Å²) in [6, 6.07) is 4.85. The number of anilines is 1. The maximum atomic E-state index is 12.6. The number of hydrogen-bond donors (Lipinski definition) is 1. The van der Waals surface area contributed by atoms with Crippen LogP contribution in [0.25, 0.3) is 0 Å². The minimum absolute atomic E-state index is 0.139. The van der Waals surface area contributed by atoms with Crippen LogP contribution >= 0.6 is 23.2 Å². The topological polar surface area (TPSA) is 72.1 Å². The van der Waals surface area contributed by atoms with Gasteiger partial charge in [0, 0.05) is 17.1 Å². The van der Waals surface area contributed by atoms with E-state index >= 15 is 0 Å². The van der Waals surface area contributed by atoms with Gasteiger partial charge in [-0.15, -0.1) is 0 Å². The molecule has 0 atom stereocenters. The molecule has 21 heavy (non-hydrogen) atoms. The third kappa shape index (κ3) is 2.66. The van der Waals surface area contributed by atoms with Crippen LogP contribution in [0.2, 0.25) is 10.0 Å². The van der Waals surface area contributed by atoms with E-state index in [4.69, 9.17) is 28.9 Å². The standard InChI is InChI=1S/C14H12Cl2N4O/c15-8-1-2-9(11(16)5-8)14(21)20-4-3-10-12(6-20)18-7-19-13(10)17/h1-2,5,7H,3-4,6H2,(H2,17,18,19). The molecule has 0 saturated heterocycles. The second-order valence-corrected chi connectivity index (χ2v) is 5.63. The van der Waals surface area contributed by atoms with E-state index in [1.54, 1.807) is 23.1 Å². The van der Waals surface area contributed by atoms with Crippen molar-refractivity contribution >= 4 is 34.9 Å². The van der Waals surface area contributed by atoms with Crippen LogP contribution in [0.4, 0.5) is 5.82 Å². The molecule has 1 amide bonds. The van der Waals surface area contributed by atoms with Gasteiger partial charge in [-0.05, 0) is 24.6 Å². The smallest absolute Gasteiger partial charge is 0.255 e. The molecule has 0 bridgehead atoms. The molecule has 108 valence electrons. The van der Waals surface area contributed by atoms with Gasteiger partial charge in [0.1, 0.15) is 12.1 Å². The highest BCUT2D eigenvalue weighted by Gasteiger charge is 2.25. The molecule has 0 spiro atoms. The fourth-order valence-electron chi connectivity index (χ4n) is 2.39. The lowest BCUT2D eigenvalue weighted by Gasteiger charge is -2.28. The molecule has 0 saturated carbocycles. The first kappa shape index (κ1) is 14.1. The number of carbonyl (C=O) groups excluding carboxylic acids is 1. The van der Waals surface area contributed by atoms with Crippen molar-refractivity contribution in [1.82, 2.24) is 14.9 Å². The number of nitrogens with two attached hydrogens (primary N) is 1. The van der Waals surface area contributed by atoms with E-state index in [9.17, 15) is 4.79 Å². The molecule has 2 N–H and O–H groups in total. The van der Waals surface area contributed by atoms with Crippen LogP contribution in [0.15, 0.2) is 24.5 Å². The van der Waals surface area contributed by atoms with E-state index in [0.717, 1.165) is 11.3 Å². The van der Waals surface area contributed by atoms with E-state index in [1.807, 2.05) is 0 Å². The van der Waals surface area contributed by atoms with Crippen molar-refractivity contribution < 1.29 is 4.79 Å². The van der Waals surface area contributed by atoms with Crippen molar-refractivity contribution in [2.45, 2.75) is 13.0 Å². The number of aromatic nitrogens is 2. The van der Waals surface area contributed by atoms with Crippen LogP contribution in [0, 0.1) is 0 Å². The van der Waals surface area contributed by atoms with Crippen LogP contribution in [-0.2, 0) is 13.0 Å². The highest BCUT2D eigenvalue weighted by Crippen LogP contribution is 2.26. The van der Waals surface area contributed by atoms with E-state index in [0.29, 0.717) is 40.9 Å². The lowest BCUT2D eigenvalue weighted by atomic mass is 10.0. The minimum atomic E-state index is -0.139. The molecule has 0 unspecified atom stereocenters. The summed E-state index contributed by atoms with van der Waals surface area (Å²) in [4.78, 5) is 22.4. The zero-order valence-corrected chi connectivity index (χ0v) is 12.5. The fourth-order valence-corrected chi connectivity index (χ4v) is 2.88. The lowest BCUT2D eigenvalue weighted by Crippen LogP contribution is -2.37. The normalized spacial score (nSPS) is 13.9. The number of halogens is 2. The minimum Gasteiger partial charge on any atom is -0.383 e. The number of rotatable bonds is 1. The van der Waals surface area contributed by atoms with Gasteiger partial charge in [0.25, 0.3) is 5.91 Å². The molecule has 1 aliphatic heterocycles. The average Bonchev–Trinajstić information content (AvgIpc) is 2.46. The van der Waals surface area contributed by atoms with Gasteiger partial charge in [0.05, 0.1) is 22.8 Å². The monoisotopic (exact) mass is 322 g/mol. The van der Waals surface area contributed by atoms with Crippen LogP contribution in [0.3, 0.4) is 0 Å². The highest BCUT2D eigenvalue weighted by molar-refractivity contribution is 6.36. The van der Waals surface area contributed by atoms with E-state index < -0.39 is 0 Å². The van der Waals surface area contributed by atoms with Crippen molar-refractivity contribution in [3.8, 4) is 0 Å². The van der Waals surface area contributed by atoms with Crippen molar-refractivity contribution in [1.29, 1.82) is 0 Å². The Morgan fingerprint density at radius 3 is 2.86 bits per heavy atom.